The maximum Gasteiger partial charge on any atom is 0.00966 e. The number of hydrogen-bond donors (Lipinski definition) is 1. The van der Waals surface area contributed by atoms with E-state index in [1.54, 1.807) is 0 Å². The number of rotatable bonds is 5. The van der Waals surface area contributed by atoms with Crippen LogP contribution in [-0.4, -0.2) is 12.1 Å². The van der Waals surface area contributed by atoms with Gasteiger partial charge in [0.2, 0.25) is 0 Å². The highest BCUT2D eigenvalue weighted by Crippen LogP contribution is 2.08. The first-order valence-electron chi connectivity index (χ1n) is 6.42. The number of allylic oxidation sites excluding steroid dienone is 1. The third-order valence-electron chi connectivity index (χ3n) is 2.62. The van der Waals surface area contributed by atoms with Gasteiger partial charge in [-0.2, -0.15) is 0 Å². The molecular weight excluding hydrogens is 206 g/mol. The fourth-order valence-corrected chi connectivity index (χ4v) is 1.76. The largest absolute Gasteiger partial charge is 0.312 e. The highest BCUT2D eigenvalue weighted by atomic mass is 14.9. The molecule has 17 heavy (non-hydrogen) atoms. The fraction of sp³-hybridized carbons (Fsp3) is 0.500. The summed E-state index contributed by atoms with van der Waals surface area (Å²) in [7, 11) is 0. The van der Waals surface area contributed by atoms with Gasteiger partial charge in [-0.25, -0.2) is 0 Å². The second-order valence-corrected chi connectivity index (χ2v) is 5.68. The Morgan fingerprint density at radius 1 is 1.18 bits per heavy atom. The minimum absolute atomic E-state index is 0.223. The maximum absolute atomic E-state index is 3.50. The van der Waals surface area contributed by atoms with Gasteiger partial charge >= 0.3 is 0 Å². The normalized spacial score (nSPS) is 12.8. The van der Waals surface area contributed by atoms with E-state index in [0.29, 0.717) is 0 Å². The Morgan fingerprint density at radius 2 is 1.82 bits per heavy atom. The third kappa shape index (κ3) is 6.96. The van der Waals surface area contributed by atoms with Crippen molar-refractivity contribution >= 4 is 0 Å². The Balaban J connectivity index is 2.31. The number of benzene rings is 1. The zero-order valence-corrected chi connectivity index (χ0v) is 11.6. The van der Waals surface area contributed by atoms with E-state index in [1.165, 1.54) is 11.1 Å². The summed E-state index contributed by atoms with van der Waals surface area (Å²) in [4.78, 5) is 0. The average molecular weight is 231 g/mol. The Labute approximate surface area is 106 Å². The highest BCUT2D eigenvalue weighted by Gasteiger charge is 2.06. The lowest BCUT2D eigenvalue weighted by molar-refractivity contribution is 0.431. The lowest BCUT2D eigenvalue weighted by atomic mass is 10.1. The van der Waals surface area contributed by atoms with E-state index in [9.17, 15) is 0 Å². The van der Waals surface area contributed by atoms with Crippen LogP contribution in [0.15, 0.2) is 42.0 Å². The Morgan fingerprint density at radius 3 is 2.41 bits per heavy atom. The lowest BCUT2D eigenvalue weighted by Crippen LogP contribution is -2.36. The predicted molar refractivity (Wildman–Crippen MR) is 76.3 cm³/mol. The van der Waals surface area contributed by atoms with Crippen LogP contribution in [-0.2, 0) is 6.42 Å². The van der Waals surface area contributed by atoms with Gasteiger partial charge in [0.15, 0.2) is 0 Å². The molecule has 1 rings (SSSR count). The van der Waals surface area contributed by atoms with Crippen molar-refractivity contribution in [3.63, 3.8) is 0 Å². The van der Waals surface area contributed by atoms with Crippen LogP contribution in [0.1, 0.15) is 39.7 Å². The summed E-state index contributed by atoms with van der Waals surface area (Å²) in [6.45, 7) is 9.87. The Kier molecular flexibility index (Phi) is 5.43. The summed E-state index contributed by atoms with van der Waals surface area (Å²) in [5.74, 6) is 0. The molecule has 94 valence electrons. The summed E-state index contributed by atoms with van der Waals surface area (Å²) < 4.78 is 0. The van der Waals surface area contributed by atoms with Gasteiger partial charge in [-0.15, -0.1) is 0 Å². The average Bonchev–Trinajstić information content (AvgIpc) is 2.25. The van der Waals surface area contributed by atoms with Crippen LogP contribution >= 0.6 is 0 Å². The van der Waals surface area contributed by atoms with Gasteiger partial charge in [0.05, 0.1) is 0 Å². The molecule has 1 nitrogen and oxygen atoms in total. The zero-order chi connectivity index (χ0) is 12.7. The molecule has 1 heteroatoms. The van der Waals surface area contributed by atoms with Crippen LogP contribution < -0.4 is 5.32 Å². The van der Waals surface area contributed by atoms with E-state index >= 15 is 0 Å². The van der Waals surface area contributed by atoms with E-state index in [2.05, 4.69) is 69.4 Å². The lowest BCUT2D eigenvalue weighted by Gasteiger charge is -2.19. The Hall–Kier alpha value is -1.08. The molecule has 0 bridgehead atoms. The van der Waals surface area contributed by atoms with Gasteiger partial charge in [-0.3, -0.25) is 0 Å². The van der Waals surface area contributed by atoms with Crippen LogP contribution in [0.25, 0.3) is 0 Å². The summed E-state index contributed by atoms with van der Waals surface area (Å²) in [5, 5.41) is 3.50. The summed E-state index contributed by atoms with van der Waals surface area (Å²) in [6, 6.07) is 10.6. The first-order chi connectivity index (χ1) is 7.97. The minimum atomic E-state index is 0.223. The molecule has 0 amide bonds. The van der Waals surface area contributed by atoms with E-state index in [-0.39, 0.29) is 5.54 Å². The quantitative estimate of drug-likeness (QED) is 0.597. The molecule has 0 fully saturated rings. The molecule has 0 aromatic heterocycles. The molecule has 0 aliphatic heterocycles. The molecule has 0 saturated carbocycles. The molecule has 0 aliphatic carbocycles. The Bertz CT molecular complexity index is 344. The monoisotopic (exact) mass is 231 g/mol. The molecule has 0 saturated heterocycles. The van der Waals surface area contributed by atoms with E-state index in [1.807, 2.05) is 0 Å². The number of nitrogens with one attached hydrogen (secondary N) is 1. The SMILES string of the molecule is CC(=CCCNC(C)(C)C)Cc1ccccc1. The molecule has 0 heterocycles. The molecular formula is C16H25N. The van der Waals surface area contributed by atoms with Gasteiger partial charge in [0.1, 0.15) is 0 Å². The van der Waals surface area contributed by atoms with Crippen LogP contribution in [0.3, 0.4) is 0 Å². The van der Waals surface area contributed by atoms with E-state index in [0.717, 1.165) is 19.4 Å². The molecule has 0 unspecified atom stereocenters. The molecule has 0 radical (unpaired) electrons. The molecule has 0 aliphatic rings. The fourth-order valence-electron chi connectivity index (χ4n) is 1.76. The van der Waals surface area contributed by atoms with E-state index < -0.39 is 0 Å². The van der Waals surface area contributed by atoms with Crippen molar-refractivity contribution in [1.82, 2.24) is 5.32 Å². The van der Waals surface area contributed by atoms with Gasteiger partial charge < -0.3 is 5.32 Å². The van der Waals surface area contributed by atoms with Gasteiger partial charge in [-0.05, 0) is 52.6 Å². The van der Waals surface area contributed by atoms with Crippen molar-refractivity contribution in [2.24, 2.45) is 0 Å². The minimum Gasteiger partial charge on any atom is -0.312 e. The highest BCUT2D eigenvalue weighted by molar-refractivity contribution is 5.20. The second kappa shape index (κ2) is 6.61. The summed E-state index contributed by atoms with van der Waals surface area (Å²) >= 11 is 0. The van der Waals surface area contributed by atoms with Gasteiger partial charge in [0.25, 0.3) is 0 Å². The van der Waals surface area contributed by atoms with Crippen molar-refractivity contribution in [3.05, 3.63) is 47.5 Å². The molecule has 0 atom stereocenters. The van der Waals surface area contributed by atoms with Crippen LogP contribution in [0.5, 0.6) is 0 Å². The topological polar surface area (TPSA) is 12.0 Å². The molecule has 1 aromatic carbocycles. The van der Waals surface area contributed by atoms with Gasteiger partial charge in [0, 0.05) is 5.54 Å². The maximum atomic E-state index is 3.50. The molecule has 0 spiro atoms. The standard InChI is InChI=1S/C16H25N/c1-14(9-8-12-17-16(2,3)4)13-15-10-6-5-7-11-15/h5-7,9-11,17H,8,12-13H2,1-4H3. The van der Waals surface area contributed by atoms with E-state index in [4.69, 9.17) is 0 Å². The van der Waals surface area contributed by atoms with Crippen LogP contribution in [0.2, 0.25) is 0 Å². The van der Waals surface area contributed by atoms with Crippen molar-refractivity contribution in [2.75, 3.05) is 6.54 Å². The van der Waals surface area contributed by atoms with Crippen molar-refractivity contribution in [2.45, 2.75) is 46.1 Å². The first kappa shape index (κ1) is 14.0. The summed E-state index contributed by atoms with van der Waals surface area (Å²) in [6.07, 6.45) is 4.51. The van der Waals surface area contributed by atoms with Crippen molar-refractivity contribution in [1.29, 1.82) is 0 Å². The van der Waals surface area contributed by atoms with Crippen molar-refractivity contribution < 1.29 is 0 Å². The van der Waals surface area contributed by atoms with Crippen LogP contribution in [0.4, 0.5) is 0 Å². The number of hydrogen-bond acceptors (Lipinski definition) is 1. The summed E-state index contributed by atoms with van der Waals surface area (Å²) in [5.41, 5.74) is 3.07. The predicted octanol–water partition coefficient (Wildman–Crippen LogP) is 3.95. The zero-order valence-electron chi connectivity index (χ0n) is 11.6. The van der Waals surface area contributed by atoms with Crippen molar-refractivity contribution in [3.8, 4) is 0 Å². The molecule has 1 aromatic rings. The second-order valence-electron chi connectivity index (χ2n) is 5.68. The van der Waals surface area contributed by atoms with Crippen LogP contribution in [0, 0.1) is 0 Å². The molecule has 1 N–H and O–H groups in total. The smallest absolute Gasteiger partial charge is 0.00966 e. The first-order valence-corrected chi connectivity index (χ1v) is 6.42. The third-order valence-corrected chi connectivity index (χ3v) is 2.62. The van der Waals surface area contributed by atoms with Gasteiger partial charge in [-0.1, -0.05) is 42.0 Å².